The Hall–Kier alpha value is -1.88. The molecule has 1 aromatic carbocycles. The Morgan fingerprint density at radius 3 is 2.59 bits per heavy atom. The number of amides is 2. The van der Waals surface area contributed by atoms with Crippen LogP contribution in [0.1, 0.15) is 43.5 Å². The van der Waals surface area contributed by atoms with Gasteiger partial charge in [0, 0.05) is 36.3 Å². The summed E-state index contributed by atoms with van der Waals surface area (Å²) >= 11 is 0. The van der Waals surface area contributed by atoms with Crippen LogP contribution in [0.2, 0.25) is 0 Å². The van der Waals surface area contributed by atoms with Crippen LogP contribution in [0.3, 0.4) is 0 Å². The van der Waals surface area contributed by atoms with Gasteiger partial charge in [-0.15, -0.1) is 0 Å². The molecule has 22 heavy (non-hydrogen) atoms. The van der Waals surface area contributed by atoms with E-state index in [-0.39, 0.29) is 23.8 Å². The molecule has 2 unspecified atom stereocenters. The van der Waals surface area contributed by atoms with Gasteiger partial charge >= 0.3 is 0 Å². The molecule has 0 bridgehead atoms. The van der Waals surface area contributed by atoms with E-state index in [2.05, 4.69) is 5.32 Å². The zero-order valence-electron chi connectivity index (χ0n) is 13.3. The van der Waals surface area contributed by atoms with Crippen LogP contribution in [0.15, 0.2) is 24.3 Å². The summed E-state index contributed by atoms with van der Waals surface area (Å²) in [6.07, 6.45) is 2.48. The first-order valence-corrected chi connectivity index (χ1v) is 8.00. The van der Waals surface area contributed by atoms with Crippen LogP contribution in [-0.2, 0) is 4.79 Å². The van der Waals surface area contributed by atoms with Crippen molar-refractivity contribution in [2.75, 3.05) is 18.4 Å². The summed E-state index contributed by atoms with van der Waals surface area (Å²) in [6, 6.07) is 7.26. The number of nitrogens with one attached hydrogen (secondary N) is 1. The quantitative estimate of drug-likeness (QED) is 0.876. The molecule has 1 aliphatic rings. The lowest BCUT2D eigenvalue weighted by molar-refractivity contribution is -0.119. The van der Waals surface area contributed by atoms with Crippen LogP contribution in [0.5, 0.6) is 0 Å². The third-order valence-corrected chi connectivity index (χ3v) is 4.27. The third kappa shape index (κ3) is 3.85. The van der Waals surface area contributed by atoms with E-state index >= 15 is 0 Å². The number of nitrogens with zero attached hydrogens (tertiary/aromatic N) is 1. The lowest BCUT2D eigenvalue weighted by atomic mass is 10.1. The van der Waals surface area contributed by atoms with Crippen LogP contribution in [-0.4, -0.2) is 35.8 Å². The molecule has 1 aromatic rings. The van der Waals surface area contributed by atoms with Crippen molar-refractivity contribution in [3.05, 3.63) is 29.8 Å². The number of nitrogens with two attached hydrogens (primary N) is 1. The molecule has 3 N–H and O–H groups in total. The first-order chi connectivity index (χ1) is 10.5. The number of hydrogen-bond acceptors (Lipinski definition) is 3. The van der Waals surface area contributed by atoms with Crippen LogP contribution in [0.25, 0.3) is 0 Å². The summed E-state index contributed by atoms with van der Waals surface area (Å²) in [5.74, 6) is -0.0264. The maximum atomic E-state index is 12.3. The topological polar surface area (TPSA) is 75.4 Å². The Balaban J connectivity index is 2.05. The molecule has 1 saturated carbocycles. The first kappa shape index (κ1) is 16.5. The van der Waals surface area contributed by atoms with E-state index in [1.165, 1.54) is 0 Å². The Kier molecular flexibility index (Phi) is 5.55. The van der Waals surface area contributed by atoms with Crippen molar-refractivity contribution in [1.82, 2.24) is 4.90 Å². The van der Waals surface area contributed by atoms with Crippen molar-refractivity contribution < 1.29 is 9.59 Å². The van der Waals surface area contributed by atoms with E-state index in [4.69, 9.17) is 5.73 Å². The van der Waals surface area contributed by atoms with Gasteiger partial charge < -0.3 is 16.0 Å². The molecule has 5 nitrogen and oxygen atoms in total. The molecule has 120 valence electrons. The summed E-state index contributed by atoms with van der Waals surface area (Å²) in [6.45, 7) is 5.25. The van der Waals surface area contributed by atoms with Gasteiger partial charge in [0.25, 0.3) is 5.91 Å². The van der Waals surface area contributed by atoms with E-state index in [1.807, 2.05) is 19.9 Å². The number of benzene rings is 1. The minimum absolute atomic E-state index is 0.000359. The van der Waals surface area contributed by atoms with Gasteiger partial charge in [0.05, 0.1) is 0 Å². The normalized spacial score (nSPS) is 20.7. The first-order valence-electron chi connectivity index (χ1n) is 8.00. The highest BCUT2D eigenvalue weighted by atomic mass is 16.2. The van der Waals surface area contributed by atoms with Gasteiger partial charge in [0.2, 0.25) is 5.91 Å². The molecule has 0 aliphatic heterocycles. The monoisotopic (exact) mass is 303 g/mol. The molecule has 0 spiro atoms. The van der Waals surface area contributed by atoms with Gasteiger partial charge in [-0.1, -0.05) is 6.07 Å². The molecule has 1 aliphatic carbocycles. The Morgan fingerprint density at radius 1 is 1.27 bits per heavy atom. The van der Waals surface area contributed by atoms with Gasteiger partial charge in [-0.3, -0.25) is 9.59 Å². The minimum Gasteiger partial charge on any atom is -0.339 e. The summed E-state index contributed by atoms with van der Waals surface area (Å²) in [5.41, 5.74) is 7.13. The highest BCUT2D eigenvalue weighted by molar-refractivity contribution is 5.97. The van der Waals surface area contributed by atoms with Gasteiger partial charge in [-0.05, 0) is 51.3 Å². The van der Waals surface area contributed by atoms with Gasteiger partial charge in [0.1, 0.15) is 0 Å². The highest BCUT2D eigenvalue weighted by Crippen LogP contribution is 2.25. The fourth-order valence-corrected chi connectivity index (χ4v) is 2.92. The molecule has 0 radical (unpaired) electrons. The van der Waals surface area contributed by atoms with Crippen molar-refractivity contribution in [3.63, 3.8) is 0 Å². The molecule has 5 heteroatoms. The fraction of sp³-hybridized carbons (Fsp3) is 0.529. The molecule has 0 heterocycles. The Bertz CT molecular complexity index is 540. The second-order valence-corrected chi connectivity index (χ2v) is 5.82. The minimum atomic E-state index is -0.0165. The lowest BCUT2D eigenvalue weighted by Crippen LogP contribution is -2.30. The molecule has 2 atom stereocenters. The second kappa shape index (κ2) is 7.40. The van der Waals surface area contributed by atoms with Crippen molar-refractivity contribution >= 4 is 17.5 Å². The van der Waals surface area contributed by atoms with Crippen molar-refractivity contribution in [1.29, 1.82) is 0 Å². The maximum absolute atomic E-state index is 12.3. The second-order valence-electron chi connectivity index (χ2n) is 5.82. The third-order valence-electron chi connectivity index (χ3n) is 4.27. The number of anilines is 1. The van der Waals surface area contributed by atoms with Gasteiger partial charge in [-0.2, -0.15) is 0 Å². The average Bonchev–Trinajstić information content (AvgIpc) is 2.95. The zero-order chi connectivity index (χ0) is 16.1. The van der Waals surface area contributed by atoms with Crippen LogP contribution >= 0.6 is 0 Å². The predicted octanol–water partition coefficient (Wildman–Crippen LogP) is 2.23. The largest absolute Gasteiger partial charge is 0.339 e. The summed E-state index contributed by atoms with van der Waals surface area (Å²) < 4.78 is 0. The van der Waals surface area contributed by atoms with E-state index in [0.717, 1.165) is 19.3 Å². The standard InChI is InChI=1S/C17H25N3O2/c1-3-20(4-2)17(22)13-6-5-7-15(11-13)19-16(21)12-8-9-14(18)10-12/h5-7,11-12,14H,3-4,8-10,18H2,1-2H3,(H,19,21). The Morgan fingerprint density at radius 2 is 2.00 bits per heavy atom. The molecule has 0 saturated heterocycles. The van der Waals surface area contributed by atoms with Gasteiger partial charge in [-0.25, -0.2) is 0 Å². The number of carbonyl (C=O) groups excluding carboxylic acids is 2. The molecule has 2 amide bonds. The average molecular weight is 303 g/mol. The molecular formula is C17H25N3O2. The number of hydrogen-bond donors (Lipinski definition) is 2. The SMILES string of the molecule is CCN(CC)C(=O)c1cccc(NC(=O)C2CCC(N)C2)c1. The Labute approximate surface area is 131 Å². The molecule has 1 fully saturated rings. The van der Waals surface area contributed by atoms with Crippen molar-refractivity contribution in [3.8, 4) is 0 Å². The molecular weight excluding hydrogens is 278 g/mol. The zero-order valence-corrected chi connectivity index (χ0v) is 13.3. The summed E-state index contributed by atoms with van der Waals surface area (Å²) in [4.78, 5) is 26.3. The smallest absolute Gasteiger partial charge is 0.253 e. The highest BCUT2D eigenvalue weighted by Gasteiger charge is 2.27. The predicted molar refractivity (Wildman–Crippen MR) is 87.6 cm³/mol. The fourth-order valence-electron chi connectivity index (χ4n) is 2.92. The number of rotatable bonds is 5. The van der Waals surface area contributed by atoms with E-state index < -0.39 is 0 Å². The van der Waals surface area contributed by atoms with E-state index in [1.54, 1.807) is 23.1 Å². The van der Waals surface area contributed by atoms with Gasteiger partial charge in [0.15, 0.2) is 0 Å². The van der Waals surface area contributed by atoms with Crippen LogP contribution in [0.4, 0.5) is 5.69 Å². The van der Waals surface area contributed by atoms with Crippen molar-refractivity contribution in [2.24, 2.45) is 11.7 Å². The molecule has 0 aromatic heterocycles. The molecule has 2 rings (SSSR count). The summed E-state index contributed by atoms with van der Waals surface area (Å²) in [7, 11) is 0. The van der Waals surface area contributed by atoms with E-state index in [0.29, 0.717) is 24.3 Å². The van der Waals surface area contributed by atoms with E-state index in [9.17, 15) is 9.59 Å². The lowest BCUT2D eigenvalue weighted by Gasteiger charge is -2.19. The maximum Gasteiger partial charge on any atom is 0.253 e. The van der Waals surface area contributed by atoms with Crippen LogP contribution in [0, 0.1) is 5.92 Å². The van der Waals surface area contributed by atoms with Crippen molar-refractivity contribution in [2.45, 2.75) is 39.2 Å². The number of carbonyl (C=O) groups is 2. The van der Waals surface area contributed by atoms with Crippen LogP contribution < -0.4 is 11.1 Å². The summed E-state index contributed by atoms with van der Waals surface area (Å²) in [5, 5.41) is 2.91.